The van der Waals surface area contributed by atoms with Gasteiger partial charge in [0, 0.05) is 19.0 Å². The van der Waals surface area contributed by atoms with E-state index in [-0.39, 0.29) is 17.9 Å². The van der Waals surface area contributed by atoms with Gasteiger partial charge in [0.25, 0.3) is 0 Å². The van der Waals surface area contributed by atoms with E-state index in [9.17, 15) is 4.79 Å². The third kappa shape index (κ3) is 3.08. The first-order valence-corrected chi connectivity index (χ1v) is 10.2. The summed E-state index contributed by atoms with van der Waals surface area (Å²) in [4.78, 5) is 19.8. The molecule has 1 heterocycles. The number of rotatable bonds is 3. The molecular weight excluding hydrogens is 330 g/mol. The highest BCUT2D eigenvalue weighted by atomic mass is 32.1. The third-order valence-corrected chi connectivity index (χ3v) is 7.57. The molecule has 3 atom stereocenters. The Bertz CT molecular complexity index is 726. The topological polar surface area (TPSA) is 59.2 Å². The summed E-state index contributed by atoms with van der Waals surface area (Å²) in [5.41, 5.74) is 7.41. The lowest BCUT2D eigenvalue weighted by atomic mass is 9.65. The number of benzene rings is 1. The van der Waals surface area contributed by atoms with Crippen LogP contribution in [0.2, 0.25) is 0 Å². The second-order valence-electron chi connectivity index (χ2n) is 7.84. The van der Waals surface area contributed by atoms with Gasteiger partial charge in [0.1, 0.15) is 5.01 Å². The first-order valence-electron chi connectivity index (χ1n) is 9.42. The first-order chi connectivity index (χ1) is 12.0. The molecule has 134 valence electrons. The lowest BCUT2D eigenvalue weighted by molar-refractivity contribution is -0.139. The highest BCUT2D eigenvalue weighted by molar-refractivity contribution is 7.18. The molecule has 2 saturated carbocycles. The molecule has 2 aliphatic rings. The second-order valence-corrected chi connectivity index (χ2v) is 8.90. The van der Waals surface area contributed by atoms with Gasteiger partial charge in [-0.25, -0.2) is 4.98 Å². The summed E-state index contributed by atoms with van der Waals surface area (Å²) in [6.45, 7) is 2.09. The van der Waals surface area contributed by atoms with E-state index in [4.69, 9.17) is 10.7 Å². The Morgan fingerprint density at radius 1 is 1.28 bits per heavy atom. The second kappa shape index (κ2) is 6.69. The van der Waals surface area contributed by atoms with Crippen LogP contribution in [0.5, 0.6) is 0 Å². The van der Waals surface area contributed by atoms with E-state index < -0.39 is 0 Å². The number of carbonyl (C=O) groups is 1. The van der Waals surface area contributed by atoms with Gasteiger partial charge in [0.05, 0.1) is 16.3 Å². The summed E-state index contributed by atoms with van der Waals surface area (Å²) in [5, 5.41) is 1.02. The van der Waals surface area contributed by atoms with Crippen LogP contribution < -0.4 is 5.73 Å². The van der Waals surface area contributed by atoms with E-state index in [0.29, 0.717) is 17.9 Å². The molecule has 5 heteroatoms. The minimum absolute atomic E-state index is 0.0142. The predicted molar refractivity (Wildman–Crippen MR) is 102 cm³/mol. The molecule has 2 aliphatic carbocycles. The van der Waals surface area contributed by atoms with Crippen LogP contribution in [0.4, 0.5) is 0 Å². The van der Waals surface area contributed by atoms with Crippen molar-refractivity contribution in [2.75, 3.05) is 7.05 Å². The monoisotopic (exact) mass is 357 g/mol. The van der Waals surface area contributed by atoms with Gasteiger partial charge < -0.3 is 10.6 Å². The van der Waals surface area contributed by atoms with Crippen molar-refractivity contribution in [3.63, 3.8) is 0 Å². The minimum atomic E-state index is 0.0142. The zero-order valence-corrected chi connectivity index (χ0v) is 15.8. The van der Waals surface area contributed by atoms with Crippen LogP contribution >= 0.6 is 11.3 Å². The fraction of sp³-hybridized carbons (Fsp3) is 0.600. The third-order valence-electron chi connectivity index (χ3n) is 6.36. The average molecular weight is 358 g/mol. The van der Waals surface area contributed by atoms with Gasteiger partial charge in [0.2, 0.25) is 5.91 Å². The summed E-state index contributed by atoms with van der Waals surface area (Å²) < 4.78 is 1.18. The fourth-order valence-electron chi connectivity index (χ4n) is 4.70. The summed E-state index contributed by atoms with van der Waals surface area (Å²) in [6.07, 6.45) is 5.60. The van der Waals surface area contributed by atoms with Gasteiger partial charge in [-0.05, 0) is 56.6 Å². The van der Waals surface area contributed by atoms with Crippen LogP contribution in [0.15, 0.2) is 24.3 Å². The first kappa shape index (κ1) is 17.0. The van der Waals surface area contributed by atoms with Crippen molar-refractivity contribution in [3.8, 4) is 0 Å². The van der Waals surface area contributed by atoms with Crippen molar-refractivity contribution in [3.05, 3.63) is 29.3 Å². The fourth-order valence-corrected chi connectivity index (χ4v) is 5.77. The number of nitrogens with two attached hydrogens (primary N) is 1. The molecule has 1 aromatic heterocycles. The molecule has 0 spiro atoms. The number of nitrogens with zero attached hydrogens (tertiary/aromatic N) is 2. The maximum Gasteiger partial charge on any atom is 0.226 e. The standard InChI is InChI=1S/C20H27N3OS/c1-12(19-22-16-8-3-4-9-17(16)25-19)23(2)20(24)15-10-13-6-5-7-14(11-15)18(13)21/h3-4,8-9,12-15,18H,5-7,10-11,21H2,1-2H3. The number of aromatic nitrogens is 1. The van der Waals surface area contributed by atoms with Crippen LogP contribution in [0.1, 0.15) is 50.1 Å². The Labute approximate surface area is 153 Å². The molecule has 2 aromatic rings. The molecule has 25 heavy (non-hydrogen) atoms. The molecule has 3 unspecified atom stereocenters. The molecule has 0 aliphatic heterocycles. The van der Waals surface area contributed by atoms with Crippen LogP contribution in [0.25, 0.3) is 10.2 Å². The Kier molecular flexibility index (Phi) is 4.54. The molecule has 4 nitrogen and oxygen atoms in total. The lowest BCUT2D eigenvalue weighted by Crippen LogP contribution is -2.49. The van der Waals surface area contributed by atoms with Gasteiger partial charge in [-0.1, -0.05) is 18.6 Å². The summed E-state index contributed by atoms with van der Waals surface area (Å²) >= 11 is 1.69. The van der Waals surface area contributed by atoms with Crippen LogP contribution in [0.3, 0.4) is 0 Å². The van der Waals surface area contributed by atoms with Gasteiger partial charge in [-0.3, -0.25) is 4.79 Å². The van der Waals surface area contributed by atoms with E-state index in [1.807, 2.05) is 30.1 Å². The number of hydrogen-bond acceptors (Lipinski definition) is 4. The number of carbonyl (C=O) groups excluding carboxylic acids is 1. The normalized spacial score (nSPS) is 30.2. The van der Waals surface area contributed by atoms with Crippen molar-refractivity contribution in [2.24, 2.45) is 23.5 Å². The van der Waals surface area contributed by atoms with Crippen molar-refractivity contribution >= 4 is 27.5 Å². The summed E-state index contributed by atoms with van der Waals surface area (Å²) in [6, 6.07) is 8.50. The quantitative estimate of drug-likeness (QED) is 0.904. The summed E-state index contributed by atoms with van der Waals surface area (Å²) in [7, 11) is 1.93. The zero-order valence-electron chi connectivity index (χ0n) is 15.0. The minimum Gasteiger partial charge on any atom is -0.336 e. The van der Waals surface area contributed by atoms with Crippen molar-refractivity contribution in [1.29, 1.82) is 0 Å². The van der Waals surface area contributed by atoms with Gasteiger partial charge in [-0.15, -0.1) is 11.3 Å². The van der Waals surface area contributed by atoms with Crippen LogP contribution in [0, 0.1) is 17.8 Å². The largest absolute Gasteiger partial charge is 0.336 e. The smallest absolute Gasteiger partial charge is 0.226 e. The van der Waals surface area contributed by atoms with Gasteiger partial charge in [0.15, 0.2) is 0 Å². The highest BCUT2D eigenvalue weighted by Crippen LogP contribution is 2.43. The van der Waals surface area contributed by atoms with Crippen molar-refractivity contribution in [2.45, 2.75) is 51.1 Å². The number of amides is 1. The van der Waals surface area contributed by atoms with Gasteiger partial charge >= 0.3 is 0 Å². The summed E-state index contributed by atoms with van der Waals surface area (Å²) in [5.74, 6) is 1.48. The maximum atomic E-state index is 13.1. The number of thiazole rings is 1. The maximum absolute atomic E-state index is 13.1. The highest BCUT2D eigenvalue weighted by Gasteiger charge is 2.41. The Morgan fingerprint density at radius 3 is 2.64 bits per heavy atom. The Morgan fingerprint density at radius 2 is 1.96 bits per heavy atom. The number of fused-ring (bicyclic) bond motifs is 3. The van der Waals surface area contributed by atoms with E-state index in [1.54, 1.807) is 11.3 Å². The molecule has 1 amide bonds. The predicted octanol–water partition coefficient (Wildman–Crippen LogP) is 3.97. The Balaban J connectivity index is 1.49. The molecule has 1 aromatic carbocycles. The van der Waals surface area contributed by atoms with E-state index >= 15 is 0 Å². The molecule has 2 bridgehead atoms. The van der Waals surface area contributed by atoms with E-state index in [1.165, 1.54) is 24.0 Å². The van der Waals surface area contributed by atoms with Gasteiger partial charge in [-0.2, -0.15) is 0 Å². The average Bonchev–Trinajstić information content (AvgIpc) is 3.03. The molecular formula is C20H27N3OS. The number of para-hydroxylation sites is 1. The van der Waals surface area contributed by atoms with Crippen LogP contribution in [-0.4, -0.2) is 28.9 Å². The van der Waals surface area contributed by atoms with Crippen molar-refractivity contribution in [1.82, 2.24) is 9.88 Å². The molecule has 4 rings (SSSR count). The zero-order chi connectivity index (χ0) is 17.6. The molecule has 2 fully saturated rings. The molecule has 2 N–H and O–H groups in total. The SMILES string of the molecule is CC(c1nc2ccccc2s1)N(C)C(=O)C1CC2CCCC(C1)C2N. The molecule has 0 radical (unpaired) electrons. The lowest BCUT2D eigenvalue weighted by Gasteiger charge is -2.44. The van der Waals surface area contributed by atoms with E-state index in [0.717, 1.165) is 23.4 Å². The molecule has 0 saturated heterocycles. The van der Waals surface area contributed by atoms with E-state index in [2.05, 4.69) is 13.0 Å². The van der Waals surface area contributed by atoms with Crippen LogP contribution in [-0.2, 0) is 4.79 Å². The Hall–Kier alpha value is -1.46. The number of hydrogen-bond donors (Lipinski definition) is 1. The van der Waals surface area contributed by atoms with Crippen molar-refractivity contribution < 1.29 is 4.79 Å².